The second-order valence-corrected chi connectivity index (χ2v) is 4.05. The summed E-state index contributed by atoms with van der Waals surface area (Å²) in [5.41, 5.74) is 0. The first-order chi connectivity index (χ1) is 8.85. The molecule has 1 unspecified atom stereocenters. The van der Waals surface area contributed by atoms with Crippen LogP contribution in [0.3, 0.4) is 0 Å². The summed E-state index contributed by atoms with van der Waals surface area (Å²) in [6, 6.07) is 1.88. The van der Waals surface area contributed by atoms with Gasteiger partial charge in [0, 0.05) is 25.4 Å². The molecule has 2 aromatic heterocycles. The van der Waals surface area contributed by atoms with Crippen molar-refractivity contribution in [3.05, 3.63) is 36.4 Å². The van der Waals surface area contributed by atoms with E-state index in [9.17, 15) is 0 Å². The molecule has 0 radical (unpaired) electrons. The predicted molar refractivity (Wildman–Crippen MR) is 67.8 cm³/mol. The van der Waals surface area contributed by atoms with Crippen LogP contribution in [0.15, 0.2) is 24.8 Å². The van der Waals surface area contributed by atoms with Crippen molar-refractivity contribution in [3.8, 4) is 0 Å². The zero-order valence-corrected chi connectivity index (χ0v) is 10.7. The first-order valence-corrected chi connectivity index (χ1v) is 6.16. The van der Waals surface area contributed by atoms with Crippen molar-refractivity contribution in [3.63, 3.8) is 0 Å². The lowest BCUT2D eigenvalue weighted by molar-refractivity contribution is 0.501. The Balaban J connectivity index is 2.13. The second kappa shape index (κ2) is 6.20. The van der Waals surface area contributed by atoms with E-state index in [1.54, 1.807) is 18.7 Å². The van der Waals surface area contributed by atoms with Gasteiger partial charge in [-0.2, -0.15) is 5.10 Å². The number of rotatable bonds is 6. The third-order valence-corrected chi connectivity index (χ3v) is 2.76. The van der Waals surface area contributed by atoms with Gasteiger partial charge in [0.25, 0.3) is 0 Å². The van der Waals surface area contributed by atoms with Gasteiger partial charge in [0.15, 0.2) is 0 Å². The molecule has 1 atom stereocenters. The maximum Gasteiger partial charge on any atom is 0.145 e. The third-order valence-electron chi connectivity index (χ3n) is 2.76. The van der Waals surface area contributed by atoms with E-state index < -0.39 is 0 Å². The van der Waals surface area contributed by atoms with Crippen LogP contribution >= 0.6 is 0 Å². The Morgan fingerprint density at radius 3 is 2.72 bits per heavy atom. The Morgan fingerprint density at radius 2 is 2.06 bits per heavy atom. The SMILES string of the molecule is CCCn1ncnc1CC(NC)c1ncccn1. The molecule has 0 aromatic carbocycles. The van der Waals surface area contributed by atoms with Gasteiger partial charge in [0.05, 0.1) is 6.04 Å². The fourth-order valence-corrected chi connectivity index (χ4v) is 1.84. The second-order valence-electron chi connectivity index (χ2n) is 4.05. The normalized spacial score (nSPS) is 12.6. The van der Waals surface area contributed by atoms with Crippen molar-refractivity contribution >= 4 is 0 Å². The summed E-state index contributed by atoms with van der Waals surface area (Å²) in [5, 5.41) is 7.44. The molecule has 0 aliphatic carbocycles. The molecule has 0 aliphatic heterocycles. The Kier molecular flexibility index (Phi) is 4.35. The fourth-order valence-electron chi connectivity index (χ4n) is 1.84. The van der Waals surface area contributed by atoms with E-state index in [4.69, 9.17) is 0 Å². The molecule has 2 heterocycles. The molecule has 0 aliphatic rings. The van der Waals surface area contributed by atoms with Crippen LogP contribution in [-0.4, -0.2) is 31.8 Å². The molecule has 0 amide bonds. The van der Waals surface area contributed by atoms with E-state index in [-0.39, 0.29) is 6.04 Å². The third kappa shape index (κ3) is 2.89. The highest BCUT2D eigenvalue weighted by Gasteiger charge is 2.16. The van der Waals surface area contributed by atoms with E-state index in [0.29, 0.717) is 0 Å². The fraction of sp³-hybridized carbons (Fsp3) is 0.500. The van der Waals surface area contributed by atoms with Crippen molar-refractivity contribution in [1.82, 2.24) is 30.0 Å². The van der Waals surface area contributed by atoms with Gasteiger partial charge in [0.2, 0.25) is 0 Å². The number of likely N-dealkylation sites (N-methyl/N-ethyl adjacent to an activating group) is 1. The van der Waals surface area contributed by atoms with Gasteiger partial charge in [0.1, 0.15) is 18.0 Å². The van der Waals surface area contributed by atoms with Crippen LogP contribution in [0, 0.1) is 0 Å². The van der Waals surface area contributed by atoms with Crippen LogP contribution in [0.2, 0.25) is 0 Å². The van der Waals surface area contributed by atoms with Crippen LogP contribution in [0.5, 0.6) is 0 Å². The molecule has 0 saturated carbocycles. The summed E-state index contributed by atoms with van der Waals surface area (Å²) in [4.78, 5) is 12.9. The molecule has 6 nitrogen and oxygen atoms in total. The van der Waals surface area contributed by atoms with Crippen molar-refractivity contribution in [2.24, 2.45) is 0 Å². The quantitative estimate of drug-likeness (QED) is 0.823. The van der Waals surface area contributed by atoms with Crippen molar-refractivity contribution < 1.29 is 0 Å². The molecule has 1 N–H and O–H groups in total. The average molecular weight is 246 g/mol. The van der Waals surface area contributed by atoms with Crippen molar-refractivity contribution in [2.45, 2.75) is 32.4 Å². The van der Waals surface area contributed by atoms with E-state index in [2.05, 4.69) is 32.3 Å². The summed E-state index contributed by atoms with van der Waals surface area (Å²) in [6.07, 6.45) is 6.89. The van der Waals surface area contributed by atoms with Crippen LogP contribution in [0.25, 0.3) is 0 Å². The Hall–Kier alpha value is -1.82. The van der Waals surface area contributed by atoms with E-state index in [1.807, 2.05) is 17.8 Å². The summed E-state index contributed by atoms with van der Waals surface area (Å²) in [6.45, 7) is 3.02. The Bertz CT molecular complexity index is 466. The minimum atomic E-state index is 0.0611. The molecule has 0 saturated heterocycles. The van der Waals surface area contributed by atoms with Crippen molar-refractivity contribution in [2.75, 3.05) is 7.05 Å². The van der Waals surface area contributed by atoms with Gasteiger partial charge in [-0.3, -0.25) is 4.68 Å². The van der Waals surface area contributed by atoms with E-state index in [0.717, 1.165) is 31.0 Å². The minimum absolute atomic E-state index is 0.0611. The lowest BCUT2D eigenvalue weighted by Gasteiger charge is -2.14. The molecular weight excluding hydrogens is 228 g/mol. The van der Waals surface area contributed by atoms with Gasteiger partial charge < -0.3 is 5.32 Å². The van der Waals surface area contributed by atoms with Crippen LogP contribution in [-0.2, 0) is 13.0 Å². The highest BCUT2D eigenvalue weighted by Crippen LogP contribution is 2.12. The van der Waals surface area contributed by atoms with E-state index in [1.165, 1.54) is 0 Å². The number of nitrogens with zero attached hydrogens (tertiary/aromatic N) is 5. The summed E-state index contributed by atoms with van der Waals surface area (Å²) < 4.78 is 1.94. The van der Waals surface area contributed by atoms with Crippen LogP contribution in [0.1, 0.15) is 31.0 Å². The monoisotopic (exact) mass is 246 g/mol. The van der Waals surface area contributed by atoms with Gasteiger partial charge in [-0.1, -0.05) is 6.92 Å². The number of nitrogens with one attached hydrogen (secondary N) is 1. The maximum atomic E-state index is 4.30. The first-order valence-electron chi connectivity index (χ1n) is 6.16. The molecule has 6 heteroatoms. The lowest BCUT2D eigenvalue weighted by atomic mass is 10.2. The number of aromatic nitrogens is 5. The number of hydrogen-bond donors (Lipinski definition) is 1. The van der Waals surface area contributed by atoms with Gasteiger partial charge in [-0.15, -0.1) is 0 Å². The topological polar surface area (TPSA) is 68.5 Å². The zero-order valence-electron chi connectivity index (χ0n) is 10.7. The summed E-state index contributed by atoms with van der Waals surface area (Å²) in [5.74, 6) is 1.75. The molecule has 2 rings (SSSR count). The first kappa shape index (κ1) is 12.6. The molecule has 0 spiro atoms. The van der Waals surface area contributed by atoms with Gasteiger partial charge in [-0.25, -0.2) is 15.0 Å². The molecular formula is C12H18N6. The molecule has 0 fully saturated rings. The Labute approximate surface area is 106 Å². The Morgan fingerprint density at radius 1 is 1.28 bits per heavy atom. The van der Waals surface area contributed by atoms with Gasteiger partial charge >= 0.3 is 0 Å². The van der Waals surface area contributed by atoms with Crippen LogP contribution in [0.4, 0.5) is 0 Å². The van der Waals surface area contributed by atoms with Crippen molar-refractivity contribution in [1.29, 1.82) is 0 Å². The summed E-state index contributed by atoms with van der Waals surface area (Å²) >= 11 is 0. The molecule has 0 bridgehead atoms. The average Bonchev–Trinajstić information content (AvgIpc) is 2.85. The number of aryl methyl sites for hydroxylation is 1. The summed E-state index contributed by atoms with van der Waals surface area (Å²) in [7, 11) is 1.90. The largest absolute Gasteiger partial charge is 0.310 e. The minimum Gasteiger partial charge on any atom is -0.310 e. The standard InChI is InChI=1S/C12H18N6/c1-3-7-18-11(16-9-17-18)8-10(13-2)12-14-5-4-6-15-12/h4-6,9-10,13H,3,7-8H2,1-2H3. The van der Waals surface area contributed by atoms with Crippen LogP contribution < -0.4 is 5.32 Å². The van der Waals surface area contributed by atoms with Gasteiger partial charge in [-0.05, 0) is 19.5 Å². The number of hydrogen-bond acceptors (Lipinski definition) is 5. The predicted octanol–water partition coefficient (Wildman–Crippen LogP) is 0.981. The maximum absolute atomic E-state index is 4.30. The smallest absolute Gasteiger partial charge is 0.145 e. The lowest BCUT2D eigenvalue weighted by Crippen LogP contribution is -2.23. The highest BCUT2D eigenvalue weighted by molar-refractivity contribution is 5.00. The zero-order chi connectivity index (χ0) is 12.8. The molecule has 2 aromatic rings. The highest BCUT2D eigenvalue weighted by atomic mass is 15.3. The molecule has 96 valence electrons. The molecule has 18 heavy (non-hydrogen) atoms. The van der Waals surface area contributed by atoms with E-state index >= 15 is 0 Å².